The van der Waals surface area contributed by atoms with Gasteiger partial charge in [-0.2, -0.15) is 0 Å². The Morgan fingerprint density at radius 3 is 2.69 bits per heavy atom. The summed E-state index contributed by atoms with van der Waals surface area (Å²) >= 11 is 0. The van der Waals surface area contributed by atoms with Gasteiger partial charge in [-0.3, -0.25) is 4.98 Å². The number of aromatic nitrogens is 1. The summed E-state index contributed by atoms with van der Waals surface area (Å²) in [6, 6.07) is 2.16. The largest absolute Gasteiger partial charge is 0.261 e. The second-order valence-electron chi connectivity index (χ2n) is 3.60. The molecule has 0 aliphatic heterocycles. The van der Waals surface area contributed by atoms with Gasteiger partial charge in [-0.05, 0) is 44.4 Å². The number of hydrogen-bond acceptors (Lipinski definition) is 1. The average molecular weight is 175 g/mol. The molecule has 1 aromatic rings. The van der Waals surface area contributed by atoms with Crippen LogP contribution in [-0.2, 0) is 6.42 Å². The molecule has 0 atom stereocenters. The molecule has 1 heterocycles. The number of rotatable bonds is 2. The highest BCUT2D eigenvalue weighted by Crippen LogP contribution is 2.13. The van der Waals surface area contributed by atoms with E-state index in [0.717, 1.165) is 12.1 Å². The fraction of sp³-hybridized carbons (Fsp3) is 0.417. The maximum absolute atomic E-state index is 4.30. The standard InChI is InChI=1S/C12H17N/c1-5-11-7-10(4)13-8-12(11)6-9(2)3/h6-8H,5H2,1-4H3. The Balaban J connectivity index is 3.14. The van der Waals surface area contributed by atoms with Crippen molar-refractivity contribution in [2.75, 3.05) is 0 Å². The van der Waals surface area contributed by atoms with E-state index in [0.29, 0.717) is 0 Å². The predicted octanol–water partition coefficient (Wildman–Crippen LogP) is 3.38. The maximum Gasteiger partial charge on any atom is 0.0375 e. The summed E-state index contributed by atoms with van der Waals surface area (Å²) in [5.74, 6) is 0. The number of hydrogen-bond donors (Lipinski definition) is 0. The SMILES string of the molecule is CCc1cc(C)ncc1C=C(C)C. The first-order valence-corrected chi connectivity index (χ1v) is 4.74. The van der Waals surface area contributed by atoms with Crippen molar-refractivity contribution in [3.63, 3.8) is 0 Å². The molecule has 0 fully saturated rings. The van der Waals surface area contributed by atoms with Crippen LogP contribution in [-0.4, -0.2) is 4.98 Å². The molecule has 0 aliphatic rings. The van der Waals surface area contributed by atoms with Crippen LogP contribution < -0.4 is 0 Å². The Bertz CT molecular complexity index is 320. The van der Waals surface area contributed by atoms with Gasteiger partial charge in [-0.25, -0.2) is 0 Å². The van der Waals surface area contributed by atoms with E-state index in [1.165, 1.54) is 16.7 Å². The van der Waals surface area contributed by atoms with Crippen LogP contribution in [0.5, 0.6) is 0 Å². The van der Waals surface area contributed by atoms with Gasteiger partial charge in [-0.15, -0.1) is 0 Å². The van der Waals surface area contributed by atoms with Gasteiger partial charge in [0.05, 0.1) is 0 Å². The molecule has 0 spiro atoms. The summed E-state index contributed by atoms with van der Waals surface area (Å²) in [4.78, 5) is 4.30. The molecule has 0 amide bonds. The van der Waals surface area contributed by atoms with Gasteiger partial charge in [0.25, 0.3) is 0 Å². The average Bonchev–Trinajstić information content (AvgIpc) is 2.07. The molecular weight excluding hydrogens is 158 g/mol. The first kappa shape index (κ1) is 9.97. The molecule has 0 radical (unpaired) electrons. The van der Waals surface area contributed by atoms with Gasteiger partial charge in [0, 0.05) is 11.9 Å². The van der Waals surface area contributed by atoms with Crippen molar-refractivity contribution in [3.05, 3.63) is 34.7 Å². The molecule has 0 bridgehead atoms. The predicted molar refractivity (Wildman–Crippen MR) is 57.7 cm³/mol. The fourth-order valence-electron chi connectivity index (χ4n) is 1.37. The van der Waals surface area contributed by atoms with E-state index in [4.69, 9.17) is 0 Å². The zero-order valence-electron chi connectivity index (χ0n) is 8.89. The monoisotopic (exact) mass is 175 g/mol. The Kier molecular flexibility index (Phi) is 3.24. The normalized spacial score (nSPS) is 9.85. The van der Waals surface area contributed by atoms with Crippen LogP contribution in [0.3, 0.4) is 0 Å². The highest BCUT2D eigenvalue weighted by Gasteiger charge is 1.98. The molecule has 1 heteroatoms. The Morgan fingerprint density at radius 2 is 2.15 bits per heavy atom. The van der Waals surface area contributed by atoms with Gasteiger partial charge in [-0.1, -0.05) is 18.6 Å². The smallest absolute Gasteiger partial charge is 0.0375 e. The van der Waals surface area contributed by atoms with Gasteiger partial charge >= 0.3 is 0 Å². The first-order valence-electron chi connectivity index (χ1n) is 4.74. The number of aryl methyl sites for hydroxylation is 2. The Morgan fingerprint density at radius 1 is 1.46 bits per heavy atom. The summed E-state index contributed by atoms with van der Waals surface area (Å²) in [5.41, 5.74) is 5.06. The second-order valence-corrected chi connectivity index (χ2v) is 3.60. The summed E-state index contributed by atoms with van der Waals surface area (Å²) in [7, 11) is 0. The minimum absolute atomic E-state index is 1.07. The molecule has 1 aromatic heterocycles. The highest BCUT2D eigenvalue weighted by molar-refractivity contribution is 5.55. The van der Waals surface area contributed by atoms with Crippen molar-refractivity contribution < 1.29 is 0 Å². The maximum atomic E-state index is 4.30. The van der Waals surface area contributed by atoms with Crippen LogP contribution in [0.2, 0.25) is 0 Å². The zero-order valence-corrected chi connectivity index (χ0v) is 8.89. The van der Waals surface area contributed by atoms with Crippen LogP contribution in [0.4, 0.5) is 0 Å². The van der Waals surface area contributed by atoms with Gasteiger partial charge < -0.3 is 0 Å². The van der Waals surface area contributed by atoms with E-state index < -0.39 is 0 Å². The lowest BCUT2D eigenvalue weighted by molar-refractivity contribution is 1.08. The van der Waals surface area contributed by atoms with E-state index in [2.05, 4.69) is 37.9 Å². The summed E-state index contributed by atoms with van der Waals surface area (Å²) in [5, 5.41) is 0. The second kappa shape index (κ2) is 4.22. The summed E-state index contributed by atoms with van der Waals surface area (Å²) in [6.07, 6.45) is 5.22. The summed E-state index contributed by atoms with van der Waals surface area (Å²) < 4.78 is 0. The van der Waals surface area contributed by atoms with Crippen LogP contribution in [0.15, 0.2) is 17.8 Å². The van der Waals surface area contributed by atoms with E-state index in [1.807, 2.05) is 13.1 Å². The third-order valence-corrected chi connectivity index (χ3v) is 1.99. The van der Waals surface area contributed by atoms with Crippen LogP contribution in [0, 0.1) is 6.92 Å². The number of nitrogens with zero attached hydrogens (tertiary/aromatic N) is 1. The van der Waals surface area contributed by atoms with E-state index in [-0.39, 0.29) is 0 Å². The van der Waals surface area contributed by atoms with Crippen molar-refractivity contribution >= 4 is 6.08 Å². The van der Waals surface area contributed by atoms with Crippen LogP contribution in [0.1, 0.15) is 37.6 Å². The lowest BCUT2D eigenvalue weighted by atomic mass is 10.1. The molecule has 1 nitrogen and oxygen atoms in total. The minimum Gasteiger partial charge on any atom is -0.261 e. The van der Waals surface area contributed by atoms with Crippen molar-refractivity contribution in [2.24, 2.45) is 0 Å². The summed E-state index contributed by atoms with van der Waals surface area (Å²) in [6.45, 7) is 8.43. The van der Waals surface area contributed by atoms with E-state index in [1.54, 1.807) is 0 Å². The third-order valence-electron chi connectivity index (χ3n) is 1.99. The number of allylic oxidation sites excluding steroid dienone is 1. The van der Waals surface area contributed by atoms with Crippen LogP contribution >= 0.6 is 0 Å². The molecule has 0 saturated heterocycles. The van der Waals surface area contributed by atoms with E-state index in [9.17, 15) is 0 Å². The van der Waals surface area contributed by atoms with Gasteiger partial charge in [0.15, 0.2) is 0 Å². The zero-order chi connectivity index (χ0) is 9.84. The van der Waals surface area contributed by atoms with Crippen molar-refractivity contribution in [1.82, 2.24) is 4.98 Å². The molecular formula is C12H17N. The first-order chi connectivity index (χ1) is 6.13. The molecule has 1 rings (SSSR count). The lowest BCUT2D eigenvalue weighted by Crippen LogP contribution is -1.91. The number of pyridine rings is 1. The molecule has 0 unspecified atom stereocenters. The molecule has 0 aromatic carbocycles. The minimum atomic E-state index is 1.07. The van der Waals surface area contributed by atoms with Gasteiger partial charge in [0.1, 0.15) is 0 Å². The van der Waals surface area contributed by atoms with Crippen molar-refractivity contribution in [1.29, 1.82) is 0 Å². The molecule has 0 saturated carbocycles. The Labute approximate surface area is 80.5 Å². The topological polar surface area (TPSA) is 12.9 Å². The van der Waals surface area contributed by atoms with Gasteiger partial charge in [0.2, 0.25) is 0 Å². The van der Waals surface area contributed by atoms with Crippen LogP contribution in [0.25, 0.3) is 6.08 Å². The molecule has 13 heavy (non-hydrogen) atoms. The Hall–Kier alpha value is -1.11. The lowest BCUT2D eigenvalue weighted by Gasteiger charge is -2.04. The highest BCUT2D eigenvalue weighted by atomic mass is 14.7. The van der Waals surface area contributed by atoms with E-state index >= 15 is 0 Å². The molecule has 0 aliphatic carbocycles. The fourth-order valence-corrected chi connectivity index (χ4v) is 1.37. The van der Waals surface area contributed by atoms with Crippen molar-refractivity contribution in [2.45, 2.75) is 34.1 Å². The molecule has 0 N–H and O–H groups in total. The molecule has 70 valence electrons. The van der Waals surface area contributed by atoms with Crippen molar-refractivity contribution in [3.8, 4) is 0 Å². The quantitative estimate of drug-likeness (QED) is 0.671. The third kappa shape index (κ3) is 2.69.